The van der Waals surface area contributed by atoms with E-state index >= 15 is 0 Å². The summed E-state index contributed by atoms with van der Waals surface area (Å²) in [6.45, 7) is 21.6. The zero-order valence-corrected chi connectivity index (χ0v) is 31.5. The highest BCUT2D eigenvalue weighted by Gasteiger charge is 2.57. The van der Waals surface area contributed by atoms with Crippen LogP contribution in [0.4, 0.5) is 0 Å². The zero-order valence-electron chi connectivity index (χ0n) is 31.5. The first-order chi connectivity index (χ1) is 24.2. The molecule has 9 rings (SSSR count). The summed E-state index contributed by atoms with van der Waals surface area (Å²) in [7, 11) is 0. The molecule has 0 saturated carbocycles. The molecule has 1 aliphatic carbocycles. The minimum Gasteiger partial charge on any atom is -0.309 e. The van der Waals surface area contributed by atoms with Crippen molar-refractivity contribution < 1.29 is 0 Å². The molecule has 0 unspecified atom stereocenters. The number of hydrogen-bond acceptors (Lipinski definition) is 0. The van der Waals surface area contributed by atoms with Gasteiger partial charge >= 0.3 is 0 Å². The van der Waals surface area contributed by atoms with Crippen LogP contribution >= 0.6 is 0 Å². The van der Waals surface area contributed by atoms with Crippen LogP contribution in [0.1, 0.15) is 79.0 Å². The van der Waals surface area contributed by atoms with Gasteiger partial charge in [-0.1, -0.05) is 117 Å². The summed E-state index contributed by atoms with van der Waals surface area (Å²) >= 11 is 0. The van der Waals surface area contributed by atoms with E-state index in [2.05, 4.69) is 199 Å². The molecule has 0 spiro atoms. The highest BCUT2D eigenvalue weighted by Crippen LogP contribution is 2.62. The van der Waals surface area contributed by atoms with Crippen LogP contribution in [-0.4, -0.2) is 9.13 Å². The van der Waals surface area contributed by atoms with Crippen LogP contribution in [0.5, 0.6) is 0 Å². The van der Waals surface area contributed by atoms with Gasteiger partial charge in [0.1, 0.15) is 0 Å². The van der Waals surface area contributed by atoms with Crippen LogP contribution in [0.15, 0.2) is 127 Å². The van der Waals surface area contributed by atoms with Crippen molar-refractivity contribution in [2.75, 3.05) is 0 Å². The number of rotatable bonds is 3. The average molecular weight is 665 g/mol. The first kappa shape index (κ1) is 31.9. The van der Waals surface area contributed by atoms with Crippen LogP contribution in [0.25, 0.3) is 66.1 Å². The van der Waals surface area contributed by atoms with Gasteiger partial charge in [-0.05, 0) is 122 Å². The quantitative estimate of drug-likeness (QED) is 0.178. The molecule has 0 amide bonds. The lowest BCUT2D eigenvalue weighted by atomic mass is 9.59. The van der Waals surface area contributed by atoms with Crippen LogP contribution < -0.4 is 0 Å². The molecule has 2 nitrogen and oxygen atoms in total. The fourth-order valence-corrected chi connectivity index (χ4v) is 9.11. The van der Waals surface area contributed by atoms with Crippen LogP contribution in [0.3, 0.4) is 0 Å². The van der Waals surface area contributed by atoms with Crippen molar-refractivity contribution in [2.45, 2.75) is 78.6 Å². The number of nitrogens with zero attached hydrogens (tertiary/aromatic N) is 2. The van der Waals surface area contributed by atoms with Gasteiger partial charge < -0.3 is 9.13 Å². The lowest BCUT2D eigenvalue weighted by molar-refractivity contribution is 0.125. The first-order valence-corrected chi connectivity index (χ1v) is 18.5. The van der Waals surface area contributed by atoms with Crippen LogP contribution in [0.2, 0.25) is 0 Å². The minimum absolute atomic E-state index is 0.0305. The number of para-hydroxylation sites is 2. The van der Waals surface area contributed by atoms with Crippen LogP contribution in [0, 0.1) is 5.41 Å². The highest BCUT2D eigenvalue weighted by atomic mass is 15.0. The Kier molecular flexibility index (Phi) is 6.55. The molecular weight excluding hydrogens is 617 g/mol. The van der Waals surface area contributed by atoms with E-state index in [1.165, 1.54) is 82.8 Å². The summed E-state index contributed by atoms with van der Waals surface area (Å²) in [4.78, 5) is 0. The normalized spacial score (nSPS) is 16.4. The van der Waals surface area contributed by atoms with Crippen LogP contribution in [-0.2, 0) is 16.2 Å². The second kappa shape index (κ2) is 10.5. The molecule has 0 bridgehead atoms. The lowest BCUT2D eigenvalue weighted by Gasteiger charge is -2.44. The third kappa shape index (κ3) is 4.35. The van der Waals surface area contributed by atoms with E-state index in [-0.39, 0.29) is 21.7 Å². The predicted molar refractivity (Wildman–Crippen MR) is 219 cm³/mol. The highest BCUT2D eigenvalue weighted by molar-refractivity contribution is 6.13. The second-order valence-corrected chi connectivity index (χ2v) is 17.6. The molecule has 2 heteroatoms. The van der Waals surface area contributed by atoms with Gasteiger partial charge in [0.05, 0.1) is 22.1 Å². The maximum Gasteiger partial charge on any atom is 0.0544 e. The number of benzene rings is 6. The van der Waals surface area contributed by atoms with Crippen molar-refractivity contribution in [1.29, 1.82) is 0 Å². The Morgan fingerprint density at radius 3 is 1.31 bits per heavy atom. The topological polar surface area (TPSA) is 9.86 Å². The Balaban J connectivity index is 1.31. The van der Waals surface area contributed by atoms with E-state index in [1.807, 2.05) is 0 Å². The Labute approximate surface area is 302 Å². The summed E-state index contributed by atoms with van der Waals surface area (Å²) in [5, 5.41) is 5.21. The van der Waals surface area contributed by atoms with E-state index in [4.69, 9.17) is 0 Å². The molecule has 0 radical (unpaired) electrons. The molecule has 0 saturated heterocycles. The molecule has 254 valence electrons. The van der Waals surface area contributed by atoms with Gasteiger partial charge in [0, 0.05) is 32.9 Å². The largest absolute Gasteiger partial charge is 0.309 e. The molecule has 2 heterocycles. The summed E-state index contributed by atoms with van der Waals surface area (Å²) in [5.74, 6) is 0. The van der Waals surface area contributed by atoms with Crippen molar-refractivity contribution in [3.05, 3.63) is 144 Å². The minimum atomic E-state index is 0.0305. The summed E-state index contributed by atoms with van der Waals surface area (Å²) < 4.78 is 4.90. The molecule has 0 fully saturated rings. The number of aromatic nitrogens is 2. The van der Waals surface area contributed by atoms with E-state index < -0.39 is 0 Å². The Morgan fingerprint density at radius 2 is 0.824 bits per heavy atom. The predicted octanol–water partition coefficient (Wildman–Crippen LogP) is 13.4. The molecule has 1 aliphatic rings. The third-order valence-corrected chi connectivity index (χ3v) is 13.4. The van der Waals surface area contributed by atoms with Crippen molar-refractivity contribution in [3.63, 3.8) is 0 Å². The maximum atomic E-state index is 2.54. The fraction of sp³-hybridized carbons (Fsp3) is 0.265. The molecule has 0 atom stereocenters. The fourth-order valence-electron chi connectivity index (χ4n) is 9.11. The van der Waals surface area contributed by atoms with Gasteiger partial charge in [-0.15, -0.1) is 0 Å². The molecular formula is C49H48N2. The van der Waals surface area contributed by atoms with Crippen molar-refractivity contribution in [2.24, 2.45) is 5.41 Å². The van der Waals surface area contributed by atoms with E-state index in [1.54, 1.807) is 0 Å². The average Bonchev–Trinajstić information content (AvgIpc) is 3.65. The van der Waals surface area contributed by atoms with Gasteiger partial charge in [0.25, 0.3) is 0 Å². The SMILES string of the molecule is CC(C)(C)c1ccc2c(c1)c1cc(-c3ccc4c(c3)c3cc5c(cc3n4-c3ccccc3)C(C)(C)C(C)(C)C5(C)C)ccc1n2-c1ccccc1. The first-order valence-electron chi connectivity index (χ1n) is 18.5. The smallest absolute Gasteiger partial charge is 0.0544 e. The van der Waals surface area contributed by atoms with E-state index in [0.717, 1.165) is 0 Å². The Hall–Kier alpha value is -5.08. The summed E-state index contributed by atoms with van der Waals surface area (Å²) in [6, 6.07) is 47.9. The monoisotopic (exact) mass is 664 g/mol. The molecule has 0 aliphatic heterocycles. The van der Waals surface area contributed by atoms with Crippen molar-refractivity contribution in [3.8, 4) is 22.5 Å². The number of fused-ring (bicyclic) bond motifs is 7. The summed E-state index contributed by atoms with van der Waals surface area (Å²) in [6.07, 6.45) is 0. The zero-order chi connectivity index (χ0) is 35.7. The number of hydrogen-bond donors (Lipinski definition) is 0. The second-order valence-electron chi connectivity index (χ2n) is 17.6. The van der Waals surface area contributed by atoms with E-state index in [9.17, 15) is 0 Å². The maximum absolute atomic E-state index is 2.54. The molecule has 0 N–H and O–H groups in total. The Bertz CT molecular complexity index is 2670. The van der Waals surface area contributed by atoms with Gasteiger partial charge in [-0.3, -0.25) is 0 Å². The molecule has 8 aromatic rings. The van der Waals surface area contributed by atoms with Gasteiger partial charge in [-0.25, -0.2) is 0 Å². The summed E-state index contributed by atoms with van der Waals surface area (Å²) in [5.41, 5.74) is 14.4. The third-order valence-electron chi connectivity index (χ3n) is 13.4. The Morgan fingerprint density at radius 1 is 0.412 bits per heavy atom. The molecule has 51 heavy (non-hydrogen) atoms. The molecule has 2 aromatic heterocycles. The lowest BCUT2D eigenvalue weighted by Crippen LogP contribution is -2.42. The van der Waals surface area contributed by atoms with Crippen molar-refractivity contribution >= 4 is 43.6 Å². The van der Waals surface area contributed by atoms with Gasteiger partial charge in [0.15, 0.2) is 0 Å². The van der Waals surface area contributed by atoms with E-state index in [0.29, 0.717) is 0 Å². The van der Waals surface area contributed by atoms with Crippen molar-refractivity contribution in [1.82, 2.24) is 9.13 Å². The van der Waals surface area contributed by atoms with Gasteiger partial charge in [-0.2, -0.15) is 0 Å². The van der Waals surface area contributed by atoms with Gasteiger partial charge in [0.2, 0.25) is 0 Å². The standard InChI is InChI=1S/C49H48N2/c1-46(2,3)33-22-25-44-38(28-33)36-26-31(20-23-42(36)50(44)34-16-12-10-13-17-34)32-21-24-43-37(27-32)39-29-40-41(48(6,7)49(8,9)47(40,4)5)30-45(39)51(43)35-18-14-11-15-19-35/h10-30H,1-9H3. The molecule has 6 aromatic carbocycles.